The van der Waals surface area contributed by atoms with Gasteiger partial charge in [-0.25, -0.2) is 0 Å². The smallest absolute Gasteiger partial charge is 0.281 e. The lowest BCUT2D eigenvalue weighted by atomic mass is 10.0. The minimum absolute atomic E-state index is 0.384. The summed E-state index contributed by atoms with van der Waals surface area (Å²) in [6.07, 6.45) is -5.40. The molecule has 0 unspecified atom stereocenters. The van der Waals surface area contributed by atoms with E-state index in [1.165, 1.54) is 0 Å². The standard InChI is InChI=1S/C9H5ClF3NO3/c10-8(15)3-5-1-2-6(14(16)17)4-7(5)9(11,12)13/h1-2,4H,3H2. The first-order valence-corrected chi connectivity index (χ1v) is 4.62. The van der Waals surface area contributed by atoms with E-state index in [1.54, 1.807) is 0 Å². The molecule has 4 nitrogen and oxygen atoms in total. The Labute approximate surface area is 98.1 Å². The monoisotopic (exact) mass is 267 g/mol. The van der Waals surface area contributed by atoms with Crippen molar-refractivity contribution in [3.8, 4) is 0 Å². The van der Waals surface area contributed by atoms with Gasteiger partial charge in [-0.05, 0) is 17.2 Å². The summed E-state index contributed by atoms with van der Waals surface area (Å²) < 4.78 is 37.7. The Kier molecular flexibility index (Phi) is 3.72. The molecule has 8 heteroatoms. The zero-order valence-corrected chi connectivity index (χ0v) is 8.88. The highest BCUT2D eigenvalue weighted by atomic mass is 35.5. The third-order valence-corrected chi connectivity index (χ3v) is 2.07. The van der Waals surface area contributed by atoms with Crippen LogP contribution in [-0.2, 0) is 17.4 Å². The van der Waals surface area contributed by atoms with E-state index in [1.807, 2.05) is 0 Å². The van der Waals surface area contributed by atoms with Crippen molar-refractivity contribution in [3.05, 3.63) is 39.4 Å². The number of nitrogens with zero attached hydrogens (tertiary/aromatic N) is 1. The van der Waals surface area contributed by atoms with E-state index in [4.69, 9.17) is 11.6 Å². The molecule has 0 bridgehead atoms. The van der Waals surface area contributed by atoms with Crippen LogP contribution >= 0.6 is 11.6 Å². The number of nitro groups is 1. The van der Waals surface area contributed by atoms with Crippen molar-refractivity contribution in [2.75, 3.05) is 0 Å². The van der Waals surface area contributed by atoms with Gasteiger partial charge in [0.15, 0.2) is 0 Å². The predicted octanol–water partition coefficient (Wildman–Crippen LogP) is 2.92. The second-order valence-electron chi connectivity index (χ2n) is 3.13. The topological polar surface area (TPSA) is 60.2 Å². The molecule has 1 aromatic carbocycles. The number of hydrogen-bond acceptors (Lipinski definition) is 3. The molecule has 17 heavy (non-hydrogen) atoms. The molecule has 0 aliphatic rings. The number of halogens is 4. The summed E-state index contributed by atoms with van der Waals surface area (Å²) in [4.78, 5) is 20.0. The first-order chi connectivity index (χ1) is 7.71. The van der Waals surface area contributed by atoms with Crippen molar-refractivity contribution in [2.45, 2.75) is 12.6 Å². The lowest BCUT2D eigenvalue weighted by molar-refractivity contribution is -0.385. The van der Waals surface area contributed by atoms with Gasteiger partial charge in [-0.15, -0.1) is 0 Å². The summed E-state index contributed by atoms with van der Waals surface area (Å²) in [5.41, 5.74) is -2.30. The molecule has 0 fully saturated rings. The number of carbonyl (C=O) groups is 1. The van der Waals surface area contributed by atoms with Crippen molar-refractivity contribution in [1.82, 2.24) is 0 Å². The van der Waals surface area contributed by atoms with Crippen molar-refractivity contribution < 1.29 is 22.9 Å². The quantitative estimate of drug-likeness (QED) is 0.480. The van der Waals surface area contributed by atoms with Crippen LogP contribution in [0.1, 0.15) is 11.1 Å². The zero-order valence-electron chi connectivity index (χ0n) is 8.12. The molecule has 0 N–H and O–H groups in total. The largest absolute Gasteiger partial charge is 0.416 e. The molecular weight excluding hydrogens is 263 g/mol. The van der Waals surface area contributed by atoms with Gasteiger partial charge in [0, 0.05) is 18.6 Å². The molecule has 0 saturated heterocycles. The molecule has 0 heterocycles. The van der Waals surface area contributed by atoms with Crippen LogP contribution in [0.4, 0.5) is 18.9 Å². The molecule has 0 spiro atoms. The van der Waals surface area contributed by atoms with Crippen molar-refractivity contribution >= 4 is 22.5 Å². The summed E-state index contributed by atoms with van der Waals surface area (Å²) in [5, 5.41) is 9.39. The molecule has 0 aromatic heterocycles. The SMILES string of the molecule is O=C(Cl)Cc1ccc([N+](=O)[O-])cc1C(F)(F)F. The Balaban J connectivity index is 3.31. The number of alkyl halides is 3. The molecule has 1 aromatic rings. The zero-order chi connectivity index (χ0) is 13.2. The number of carbonyl (C=O) groups excluding carboxylic acids is 1. The highest BCUT2D eigenvalue weighted by Crippen LogP contribution is 2.34. The molecule has 0 amide bonds. The van der Waals surface area contributed by atoms with E-state index >= 15 is 0 Å². The summed E-state index contributed by atoms with van der Waals surface area (Å²) in [6.45, 7) is 0. The van der Waals surface area contributed by atoms with Gasteiger partial charge in [-0.1, -0.05) is 6.07 Å². The average molecular weight is 268 g/mol. The van der Waals surface area contributed by atoms with Crippen LogP contribution in [0, 0.1) is 10.1 Å². The van der Waals surface area contributed by atoms with E-state index in [9.17, 15) is 28.1 Å². The first kappa shape index (κ1) is 13.4. The Morgan fingerprint density at radius 2 is 2.00 bits per heavy atom. The van der Waals surface area contributed by atoms with Crippen molar-refractivity contribution in [1.29, 1.82) is 0 Å². The van der Waals surface area contributed by atoms with Gasteiger partial charge < -0.3 is 0 Å². The van der Waals surface area contributed by atoms with E-state index in [0.717, 1.165) is 12.1 Å². The first-order valence-electron chi connectivity index (χ1n) is 4.24. The van der Waals surface area contributed by atoms with Crippen LogP contribution in [0.2, 0.25) is 0 Å². The van der Waals surface area contributed by atoms with E-state index in [2.05, 4.69) is 0 Å². The highest BCUT2D eigenvalue weighted by molar-refractivity contribution is 6.63. The van der Waals surface area contributed by atoms with Gasteiger partial charge in [-0.2, -0.15) is 13.2 Å². The Hall–Kier alpha value is -1.63. The van der Waals surface area contributed by atoms with Crippen molar-refractivity contribution in [2.24, 2.45) is 0 Å². The molecule has 1 rings (SSSR count). The normalized spacial score (nSPS) is 11.3. The molecular formula is C9H5ClF3NO3. The average Bonchev–Trinajstić information content (AvgIpc) is 2.15. The van der Waals surface area contributed by atoms with Crippen LogP contribution in [0.3, 0.4) is 0 Å². The molecule has 0 radical (unpaired) electrons. The van der Waals surface area contributed by atoms with Crippen LogP contribution in [0.15, 0.2) is 18.2 Å². The van der Waals surface area contributed by atoms with Crippen LogP contribution < -0.4 is 0 Å². The molecule has 92 valence electrons. The maximum Gasteiger partial charge on any atom is 0.416 e. The second-order valence-corrected chi connectivity index (χ2v) is 3.55. The maximum absolute atomic E-state index is 12.6. The molecule has 0 aliphatic carbocycles. The number of rotatable bonds is 3. The minimum atomic E-state index is -4.77. The van der Waals surface area contributed by atoms with Crippen LogP contribution in [-0.4, -0.2) is 10.2 Å². The van der Waals surface area contributed by atoms with Crippen LogP contribution in [0.25, 0.3) is 0 Å². The summed E-state index contributed by atoms with van der Waals surface area (Å²) >= 11 is 5.00. The second kappa shape index (κ2) is 4.70. The third kappa shape index (κ3) is 3.42. The van der Waals surface area contributed by atoms with Crippen LogP contribution in [0.5, 0.6) is 0 Å². The van der Waals surface area contributed by atoms with Gasteiger partial charge in [-0.3, -0.25) is 14.9 Å². The van der Waals surface area contributed by atoms with E-state index < -0.39 is 34.0 Å². The Morgan fingerprint density at radius 1 is 1.41 bits per heavy atom. The summed E-state index contributed by atoms with van der Waals surface area (Å²) in [5.74, 6) is 0. The van der Waals surface area contributed by atoms with Gasteiger partial charge in [0.05, 0.1) is 10.5 Å². The van der Waals surface area contributed by atoms with Gasteiger partial charge in [0.1, 0.15) is 0 Å². The number of non-ortho nitro benzene ring substituents is 1. The van der Waals surface area contributed by atoms with Gasteiger partial charge >= 0.3 is 6.18 Å². The Morgan fingerprint density at radius 3 is 2.41 bits per heavy atom. The lowest BCUT2D eigenvalue weighted by Crippen LogP contribution is -2.11. The summed E-state index contributed by atoms with van der Waals surface area (Å²) in [7, 11) is 0. The fourth-order valence-corrected chi connectivity index (χ4v) is 1.39. The number of nitro benzene ring substituents is 1. The minimum Gasteiger partial charge on any atom is -0.281 e. The number of benzene rings is 1. The Bertz CT molecular complexity index is 473. The molecule has 0 aliphatic heterocycles. The third-order valence-electron chi connectivity index (χ3n) is 1.94. The van der Waals surface area contributed by atoms with Gasteiger partial charge in [0.25, 0.3) is 5.69 Å². The van der Waals surface area contributed by atoms with Gasteiger partial charge in [0.2, 0.25) is 5.24 Å². The lowest BCUT2D eigenvalue weighted by Gasteiger charge is -2.11. The van der Waals surface area contributed by atoms with E-state index in [-0.39, 0.29) is 5.56 Å². The van der Waals surface area contributed by atoms with Crippen molar-refractivity contribution in [3.63, 3.8) is 0 Å². The van der Waals surface area contributed by atoms with E-state index in [0.29, 0.717) is 6.07 Å². The number of hydrogen-bond donors (Lipinski definition) is 0. The summed E-state index contributed by atoms with van der Waals surface area (Å²) in [6, 6.07) is 2.15. The maximum atomic E-state index is 12.6. The fourth-order valence-electron chi connectivity index (χ4n) is 1.25. The molecule has 0 saturated carbocycles. The predicted molar refractivity (Wildman–Crippen MR) is 52.7 cm³/mol. The fraction of sp³-hybridized carbons (Fsp3) is 0.222. The highest BCUT2D eigenvalue weighted by Gasteiger charge is 2.35. The molecule has 0 atom stereocenters.